The van der Waals surface area contributed by atoms with Crippen LogP contribution in [0.1, 0.15) is 29.7 Å². The second kappa shape index (κ2) is 5.31. The van der Waals surface area contributed by atoms with Crippen molar-refractivity contribution in [3.8, 4) is 17.4 Å². The van der Waals surface area contributed by atoms with Crippen molar-refractivity contribution in [1.29, 1.82) is 0 Å². The van der Waals surface area contributed by atoms with Gasteiger partial charge in [0.15, 0.2) is 23.3 Å². The SMILES string of the molecule is Cc1nc(C)c(-c2nc(C3CCOC3)nn2-c2ccnn2C)o1. The average Bonchev–Trinajstić information content (AvgIpc) is 3.25. The predicted octanol–water partition coefficient (Wildman–Crippen LogP) is 1.78. The molecular formula is C15H18N6O2. The van der Waals surface area contributed by atoms with Gasteiger partial charge in [-0.2, -0.15) is 9.78 Å². The van der Waals surface area contributed by atoms with Gasteiger partial charge in [0.2, 0.25) is 5.82 Å². The summed E-state index contributed by atoms with van der Waals surface area (Å²) in [5, 5.41) is 8.92. The van der Waals surface area contributed by atoms with Crippen molar-refractivity contribution >= 4 is 0 Å². The summed E-state index contributed by atoms with van der Waals surface area (Å²) in [7, 11) is 1.87. The summed E-state index contributed by atoms with van der Waals surface area (Å²) in [4.78, 5) is 9.07. The molecule has 1 unspecified atom stereocenters. The summed E-state index contributed by atoms with van der Waals surface area (Å²) < 4.78 is 14.8. The first-order valence-electron chi connectivity index (χ1n) is 7.61. The first-order valence-corrected chi connectivity index (χ1v) is 7.61. The molecule has 1 atom stereocenters. The quantitative estimate of drug-likeness (QED) is 0.732. The molecule has 0 saturated carbocycles. The molecule has 4 heterocycles. The molecule has 0 amide bonds. The van der Waals surface area contributed by atoms with Gasteiger partial charge in [0.25, 0.3) is 0 Å². The molecule has 0 N–H and O–H groups in total. The van der Waals surface area contributed by atoms with E-state index >= 15 is 0 Å². The Hall–Kier alpha value is -2.48. The smallest absolute Gasteiger partial charge is 0.202 e. The molecule has 3 aromatic rings. The van der Waals surface area contributed by atoms with E-state index in [1.54, 1.807) is 15.6 Å². The van der Waals surface area contributed by atoms with Crippen molar-refractivity contribution in [2.24, 2.45) is 7.05 Å². The van der Waals surface area contributed by atoms with E-state index in [-0.39, 0.29) is 5.92 Å². The largest absolute Gasteiger partial charge is 0.437 e. The van der Waals surface area contributed by atoms with Gasteiger partial charge in [0.05, 0.1) is 18.5 Å². The van der Waals surface area contributed by atoms with Crippen LogP contribution in [-0.2, 0) is 11.8 Å². The van der Waals surface area contributed by atoms with Gasteiger partial charge in [-0.25, -0.2) is 9.97 Å². The third-order valence-electron chi connectivity index (χ3n) is 4.04. The third kappa shape index (κ3) is 2.35. The number of oxazole rings is 1. The Balaban J connectivity index is 1.88. The minimum atomic E-state index is 0.215. The normalized spacial score (nSPS) is 18.0. The Labute approximate surface area is 133 Å². The fourth-order valence-corrected chi connectivity index (χ4v) is 2.86. The molecule has 4 rings (SSSR count). The van der Waals surface area contributed by atoms with Crippen LogP contribution in [0.25, 0.3) is 17.4 Å². The van der Waals surface area contributed by atoms with E-state index in [0.717, 1.165) is 30.4 Å². The highest BCUT2D eigenvalue weighted by atomic mass is 16.5. The first kappa shape index (κ1) is 14.1. The van der Waals surface area contributed by atoms with Gasteiger partial charge in [-0.15, -0.1) is 5.10 Å². The monoisotopic (exact) mass is 314 g/mol. The summed E-state index contributed by atoms with van der Waals surface area (Å²) in [5.41, 5.74) is 0.799. The molecule has 23 heavy (non-hydrogen) atoms. The van der Waals surface area contributed by atoms with E-state index in [9.17, 15) is 0 Å². The third-order valence-corrected chi connectivity index (χ3v) is 4.04. The molecule has 8 heteroatoms. The number of nitrogens with zero attached hydrogens (tertiary/aromatic N) is 6. The van der Waals surface area contributed by atoms with E-state index < -0.39 is 0 Å². The number of hydrogen-bond donors (Lipinski definition) is 0. The molecule has 1 aliphatic heterocycles. The van der Waals surface area contributed by atoms with Crippen LogP contribution < -0.4 is 0 Å². The van der Waals surface area contributed by atoms with Gasteiger partial charge >= 0.3 is 0 Å². The number of aryl methyl sites for hydroxylation is 3. The first-order chi connectivity index (χ1) is 11.1. The number of hydrogen-bond acceptors (Lipinski definition) is 6. The van der Waals surface area contributed by atoms with Gasteiger partial charge < -0.3 is 9.15 Å². The maximum atomic E-state index is 5.76. The van der Waals surface area contributed by atoms with E-state index in [0.29, 0.717) is 24.1 Å². The summed E-state index contributed by atoms with van der Waals surface area (Å²) in [6.07, 6.45) is 2.67. The Kier molecular flexibility index (Phi) is 3.26. The summed E-state index contributed by atoms with van der Waals surface area (Å²) in [5.74, 6) is 3.71. The van der Waals surface area contributed by atoms with Crippen LogP contribution in [0, 0.1) is 13.8 Å². The molecule has 1 aliphatic rings. The topological polar surface area (TPSA) is 83.8 Å². The van der Waals surface area contributed by atoms with Gasteiger partial charge in [-0.1, -0.05) is 0 Å². The fourth-order valence-electron chi connectivity index (χ4n) is 2.86. The van der Waals surface area contributed by atoms with E-state index in [2.05, 4.69) is 10.1 Å². The molecule has 0 radical (unpaired) electrons. The van der Waals surface area contributed by atoms with Gasteiger partial charge in [-0.3, -0.25) is 4.68 Å². The predicted molar refractivity (Wildman–Crippen MR) is 81.3 cm³/mol. The van der Waals surface area contributed by atoms with Gasteiger partial charge in [0.1, 0.15) is 0 Å². The maximum Gasteiger partial charge on any atom is 0.202 e. The molecular weight excluding hydrogens is 296 g/mol. The van der Waals surface area contributed by atoms with E-state index in [1.165, 1.54) is 0 Å². The zero-order valence-electron chi connectivity index (χ0n) is 13.4. The summed E-state index contributed by atoms with van der Waals surface area (Å²) in [6, 6.07) is 1.89. The second-order valence-corrected chi connectivity index (χ2v) is 5.73. The van der Waals surface area contributed by atoms with Crippen molar-refractivity contribution < 1.29 is 9.15 Å². The van der Waals surface area contributed by atoms with Crippen molar-refractivity contribution in [2.45, 2.75) is 26.2 Å². The number of aromatic nitrogens is 6. The van der Waals surface area contributed by atoms with Crippen LogP contribution in [0.5, 0.6) is 0 Å². The highest BCUT2D eigenvalue weighted by Gasteiger charge is 2.27. The summed E-state index contributed by atoms with van der Waals surface area (Å²) in [6.45, 7) is 5.14. The molecule has 1 saturated heterocycles. The number of rotatable bonds is 3. The molecule has 1 fully saturated rings. The van der Waals surface area contributed by atoms with Crippen LogP contribution in [-0.4, -0.2) is 42.7 Å². The number of ether oxygens (including phenoxy) is 1. The van der Waals surface area contributed by atoms with Gasteiger partial charge in [-0.05, 0) is 13.3 Å². The Morgan fingerprint density at radius 1 is 1.26 bits per heavy atom. The standard InChI is InChI=1S/C15H18N6O2/c1-9-13(23-10(2)17-9)15-18-14(11-5-7-22-8-11)19-21(15)12-4-6-16-20(12)3/h4,6,11H,5,7-8H2,1-3H3. The lowest BCUT2D eigenvalue weighted by atomic mass is 10.1. The Bertz CT molecular complexity index is 840. The Morgan fingerprint density at radius 3 is 2.74 bits per heavy atom. The Morgan fingerprint density at radius 2 is 2.13 bits per heavy atom. The molecule has 120 valence electrons. The maximum absolute atomic E-state index is 5.76. The van der Waals surface area contributed by atoms with Gasteiger partial charge in [0, 0.05) is 32.6 Å². The van der Waals surface area contributed by atoms with Crippen LogP contribution >= 0.6 is 0 Å². The molecule has 0 aliphatic carbocycles. The van der Waals surface area contributed by atoms with Crippen molar-refractivity contribution in [3.63, 3.8) is 0 Å². The van der Waals surface area contributed by atoms with E-state index in [1.807, 2.05) is 27.0 Å². The lowest BCUT2D eigenvalue weighted by molar-refractivity contribution is 0.193. The van der Waals surface area contributed by atoms with Crippen LogP contribution in [0.15, 0.2) is 16.7 Å². The molecule has 0 aromatic carbocycles. The highest BCUT2D eigenvalue weighted by molar-refractivity contribution is 5.53. The average molecular weight is 314 g/mol. The van der Waals surface area contributed by atoms with Crippen molar-refractivity contribution in [3.05, 3.63) is 29.7 Å². The van der Waals surface area contributed by atoms with Crippen LogP contribution in [0.3, 0.4) is 0 Å². The molecule has 3 aromatic heterocycles. The molecule has 0 bridgehead atoms. The minimum Gasteiger partial charge on any atom is -0.437 e. The van der Waals surface area contributed by atoms with Crippen LogP contribution in [0.2, 0.25) is 0 Å². The lowest BCUT2D eigenvalue weighted by Crippen LogP contribution is -2.07. The summed E-state index contributed by atoms with van der Waals surface area (Å²) >= 11 is 0. The second-order valence-electron chi connectivity index (χ2n) is 5.73. The highest BCUT2D eigenvalue weighted by Crippen LogP contribution is 2.29. The zero-order valence-corrected chi connectivity index (χ0v) is 13.4. The van der Waals surface area contributed by atoms with Crippen LogP contribution in [0.4, 0.5) is 0 Å². The molecule has 0 spiro atoms. The lowest BCUT2D eigenvalue weighted by Gasteiger charge is -2.04. The fraction of sp³-hybridized carbons (Fsp3) is 0.467. The minimum absolute atomic E-state index is 0.215. The zero-order chi connectivity index (χ0) is 16.0. The van der Waals surface area contributed by atoms with Crippen molar-refractivity contribution in [1.82, 2.24) is 29.5 Å². The van der Waals surface area contributed by atoms with Crippen molar-refractivity contribution in [2.75, 3.05) is 13.2 Å². The van der Waals surface area contributed by atoms with E-state index in [4.69, 9.17) is 19.2 Å². The molecule has 8 nitrogen and oxygen atoms in total.